The van der Waals surface area contributed by atoms with Crippen LogP contribution in [-0.4, -0.2) is 47.4 Å². The molecule has 0 saturated carbocycles. The van der Waals surface area contributed by atoms with Crippen LogP contribution < -0.4 is 0 Å². The molecule has 1 aromatic rings. The first-order chi connectivity index (χ1) is 10.5. The molecule has 0 atom stereocenters. The van der Waals surface area contributed by atoms with E-state index in [2.05, 4.69) is 4.99 Å². The number of hydrogen-bond acceptors (Lipinski definition) is 4. The highest BCUT2D eigenvalue weighted by molar-refractivity contribution is 6.41. The molecule has 0 aromatic heterocycles. The summed E-state index contributed by atoms with van der Waals surface area (Å²) >= 11 is 0. The molecule has 1 fully saturated rings. The molecule has 1 saturated heterocycles. The van der Waals surface area contributed by atoms with Crippen molar-refractivity contribution < 1.29 is 14.3 Å². The highest BCUT2D eigenvalue weighted by Gasteiger charge is 2.32. The van der Waals surface area contributed by atoms with Crippen molar-refractivity contribution in [3.8, 4) is 0 Å². The van der Waals surface area contributed by atoms with Gasteiger partial charge in [-0.2, -0.15) is 4.99 Å². The van der Waals surface area contributed by atoms with Gasteiger partial charge in [-0.3, -0.25) is 9.80 Å². The van der Waals surface area contributed by atoms with Crippen LogP contribution in [0.15, 0.2) is 35.3 Å². The lowest BCUT2D eigenvalue weighted by atomic mass is 10.2. The largest absolute Gasteiger partial charge is 0.443 e. The van der Waals surface area contributed by atoms with Crippen molar-refractivity contribution in [3.63, 3.8) is 0 Å². The number of amides is 2. The number of hydrazine groups is 1. The summed E-state index contributed by atoms with van der Waals surface area (Å²) in [7, 11) is 1.85. The lowest BCUT2D eigenvalue weighted by Gasteiger charge is -2.30. The van der Waals surface area contributed by atoms with E-state index in [1.807, 2.05) is 56.2 Å². The van der Waals surface area contributed by atoms with Crippen molar-refractivity contribution in [2.24, 2.45) is 4.99 Å². The van der Waals surface area contributed by atoms with Gasteiger partial charge in [0, 0.05) is 26.1 Å². The molecular weight excluding hydrogens is 282 g/mol. The molecule has 0 bridgehead atoms. The van der Waals surface area contributed by atoms with Gasteiger partial charge in [-0.15, -0.1) is 0 Å². The Morgan fingerprint density at radius 2 is 2.05 bits per heavy atom. The number of hydrogen-bond donors (Lipinski definition) is 0. The smallest absolute Gasteiger partial charge is 0.434 e. The maximum atomic E-state index is 12.2. The van der Waals surface area contributed by atoms with E-state index in [0.717, 1.165) is 5.56 Å². The molecule has 2 amide bonds. The average Bonchev–Trinajstić information content (AvgIpc) is 2.86. The Morgan fingerprint density at radius 1 is 1.36 bits per heavy atom. The van der Waals surface area contributed by atoms with Crippen molar-refractivity contribution in [3.05, 3.63) is 35.9 Å². The molecule has 2 rings (SSSR count). The SMILES string of the molecule is CC(C)N(C)N1CC/C(=N\C(=O)OCc2ccccc2)C1=O. The normalized spacial score (nSPS) is 16.9. The van der Waals surface area contributed by atoms with Gasteiger partial charge in [0.05, 0.1) is 0 Å². The Kier molecular flexibility index (Phi) is 5.27. The van der Waals surface area contributed by atoms with Gasteiger partial charge >= 0.3 is 6.09 Å². The summed E-state index contributed by atoms with van der Waals surface area (Å²) < 4.78 is 5.07. The van der Waals surface area contributed by atoms with E-state index in [1.54, 1.807) is 5.01 Å². The topological polar surface area (TPSA) is 62.2 Å². The number of carbonyl (C=O) groups excluding carboxylic acids is 2. The first-order valence-electron chi connectivity index (χ1n) is 7.32. The molecule has 0 unspecified atom stereocenters. The van der Waals surface area contributed by atoms with E-state index in [9.17, 15) is 9.59 Å². The Balaban J connectivity index is 1.92. The fourth-order valence-corrected chi connectivity index (χ4v) is 2.11. The number of nitrogens with zero attached hydrogens (tertiary/aromatic N) is 3. The van der Waals surface area contributed by atoms with Crippen LogP contribution in [0.2, 0.25) is 0 Å². The second-order valence-electron chi connectivity index (χ2n) is 5.44. The zero-order valence-corrected chi connectivity index (χ0v) is 13.2. The Labute approximate surface area is 130 Å². The second-order valence-corrected chi connectivity index (χ2v) is 5.44. The first-order valence-corrected chi connectivity index (χ1v) is 7.32. The molecule has 1 heterocycles. The van der Waals surface area contributed by atoms with Crippen LogP contribution in [0.3, 0.4) is 0 Å². The Bertz CT molecular complexity index is 569. The van der Waals surface area contributed by atoms with Gasteiger partial charge in [-0.05, 0) is 19.4 Å². The van der Waals surface area contributed by atoms with Crippen molar-refractivity contribution in [1.82, 2.24) is 10.0 Å². The monoisotopic (exact) mass is 303 g/mol. The molecule has 6 nitrogen and oxygen atoms in total. The van der Waals surface area contributed by atoms with Crippen LogP contribution in [0.1, 0.15) is 25.8 Å². The standard InChI is InChI=1S/C16H21N3O3/c1-12(2)18(3)19-10-9-14(15(19)20)17-16(21)22-11-13-7-5-4-6-8-13/h4-8,12H,9-11H2,1-3H3/b17-14+. The lowest BCUT2D eigenvalue weighted by Crippen LogP contribution is -2.45. The van der Waals surface area contributed by atoms with E-state index in [-0.39, 0.29) is 24.3 Å². The van der Waals surface area contributed by atoms with Crippen molar-refractivity contribution >= 4 is 17.7 Å². The fraction of sp³-hybridized carbons (Fsp3) is 0.438. The number of rotatable bonds is 4. The summed E-state index contributed by atoms with van der Waals surface area (Å²) in [6.07, 6.45) is -0.266. The van der Waals surface area contributed by atoms with Crippen LogP contribution in [-0.2, 0) is 16.1 Å². The van der Waals surface area contributed by atoms with Gasteiger partial charge in [-0.25, -0.2) is 9.80 Å². The molecule has 118 valence electrons. The highest BCUT2D eigenvalue weighted by Crippen LogP contribution is 2.13. The molecule has 1 aliphatic rings. The zero-order valence-electron chi connectivity index (χ0n) is 13.2. The van der Waals surface area contributed by atoms with Gasteiger partial charge in [0.15, 0.2) is 0 Å². The number of carbonyl (C=O) groups is 2. The third-order valence-corrected chi connectivity index (χ3v) is 3.60. The molecule has 1 aromatic carbocycles. The predicted molar refractivity (Wildman–Crippen MR) is 83.3 cm³/mol. The summed E-state index contributed by atoms with van der Waals surface area (Å²) in [5.41, 5.74) is 1.14. The van der Waals surface area contributed by atoms with E-state index >= 15 is 0 Å². The highest BCUT2D eigenvalue weighted by atomic mass is 16.5. The second kappa shape index (κ2) is 7.17. The average molecular weight is 303 g/mol. The van der Waals surface area contributed by atoms with E-state index in [0.29, 0.717) is 13.0 Å². The van der Waals surface area contributed by atoms with Gasteiger partial charge in [0.2, 0.25) is 0 Å². The van der Waals surface area contributed by atoms with Crippen LogP contribution >= 0.6 is 0 Å². The van der Waals surface area contributed by atoms with Crippen molar-refractivity contribution in [2.75, 3.05) is 13.6 Å². The molecule has 0 aliphatic carbocycles. The number of ether oxygens (including phenoxy) is 1. The summed E-state index contributed by atoms with van der Waals surface area (Å²) in [6, 6.07) is 9.56. The Hall–Kier alpha value is -2.21. The van der Waals surface area contributed by atoms with E-state index in [1.165, 1.54) is 0 Å². The summed E-state index contributed by atoms with van der Waals surface area (Å²) in [5.74, 6) is -0.229. The Morgan fingerprint density at radius 3 is 2.68 bits per heavy atom. The quantitative estimate of drug-likeness (QED) is 0.856. The maximum absolute atomic E-state index is 12.2. The molecule has 0 N–H and O–H groups in total. The number of benzene rings is 1. The molecule has 6 heteroatoms. The van der Waals surface area contributed by atoms with Gasteiger partial charge in [-0.1, -0.05) is 30.3 Å². The number of aliphatic imine (C=N–C) groups is 1. The van der Waals surface area contributed by atoms with Crippen molar-refractivity contribution in [2.45, 2.75) is 32.9 Å². The minimum atomic E-state index is -0.721. The maximum Gasteiger partial charge on any atom is 0.434 e. The van der Waals surface area contributed by atoms with Crippen LogP contribution in [0.4, 0.5) is 4.79 Å². The van der Waals surface area contributed by atoms with E-state index < -0.39 is 6.09 Å². The summed E-state index contributed by atoms with van der Waals surface area (Å²) in [4.78, 5) is 27.7. The van der Waals surface area contributed by atoms with E-state index in [4.69, 9.17) is 4.74 Å². The molecule has 22 heavy (non-hydrogen) atoms. The van der Waals surface area contributed by atoms with Gasteiger partial charge in [0.25, 0.3) is 5.91 Å². The summed E-state index contributed by atoms with van der Waals surface area (Å²) in [5, 5.41) is 3.45. The minimum absolute atomic E-state index is 0.153. The minimum Gasteiger partial charge on any atom is -0.443 e. The van der Waals surface area contributed by atoms with Crippen LogP contribution in [0.25, 0.3) is 0 Å². The van der Waals surface area contributed by atoms with Gasteiger partial charge < -0.3 is 4.74 Å². The molecular formula is C16H21N3O3. The third-order valence-electron chi connectivity index (χ3n) is 3.60. The lowest BCUT2D eigenvalue weighted by molar-refractivity contribution is -0.138. The summed E-state index contributed by atoms with van der Waals surface area (Å²) in [6.45, 7) is 4.69. The molecule has 1 aliphatic heterocycles. The van der Waals surface area contributed by atoms with Crippen LogP contribution in [0, 0.1) is 0 Å². The first kappa shape index (κ1) is 16.2. The predicted octanol–water partition coefficient (Wildman–Crippen LogP) is 2.25. The fourth-order valence-electron chi connectivity index (χ4n) is 2.11. The van der Waals surface area contributed by atoms with Gasteiger partial charge in [0.1, 0.15) is 12.3 Å². The third kappa shape index (κ3) is 3.92. The van der Waals surface area contributed by atoms with Crippen LogP contribution in [0.5, 0.6) is 0 Å². The van der Waals surface area contributed by atoms with Crippen molar-refractivity contribution in [1.29, 1.82) is 0 Å². The molecule has 0 radical (unpaired) electrons. The molecule has 0 spiro atoms. The zero-order chi connectivity index (χ0) is 16.1.